The van der Waals surface area contributed by atoms with Gasteiger partial charge in [-0.1, -0.05) is 65.7 Å². The first-order chi connectivity index (χ1) is 18.2. The highest BCUT2D eigenvalue weighted by atomic mass is 35.5. The monoisotopic (exact) mass is 569 g/mol. The molecule has 1 N–H and O–H groups in total. The molecule has 0 fully saturated rings. The number of sulfonamides is 1. The number of benzene rings is 3. The molecular weight excluding hydrogens is 534 g/mol. The van der Waals surface area contributed by atoms with Crippen molar-refractivity contribution in [1.29, 1.82) is 0 Å². The molecule has 0 saturated carbocycles. The van der Waals surface area contributed by atoms with Crippen molar-refractivity contribution in [2.45, 2.75) is 64.6 Å². The number of carbonyl (C=O) groups is 2. The molecule has 2 amide bonds. The molecular formula is C30H36ClN3O4S. The Morgan fingerprint density at radius 2 is 1.56 bits per heavy atom. The molecule has 0 heterocycles. The van der Waals surface area contributed by atoms with Crippen molar-refractivity contribution < 1.29 is 18.0 Å². The van der Waals surface area contributed by atoms with E-state index in [1.165, 1.54) is 23.1 Å². The summed E-state index contributed by atoms with van der Waals surface area (Å²) in [6, 6.07) is 19.6. The first-order valence-corrected chi connectivity index (χ1v) is 14.5. The number of nitrogens with one attached hydrogen (secondary N) is 1. The van der Waals surface area contributed by atoms with Gasteiger partial charge in [-0.2, -0.15) is 0 Å². The van der Waals surface area contributed by atoms with Gasteiger partial charge in [-0.05, 0) is 76.9 Å². The molecule has 3 rings (SSSR count). The van der Waals surface area contributed by atoms with Crippen LogP contribution in [-0.2, 0) is 26.2 Å². The SMILES string of the molecule is Cc1ccc(CN(C(=O)CN(c2ccc(C)c(Cl)c2)S(=O)(=O)c2ccccc2)[C@@H](C)C(=O)NC(C)(C)C)cc1. The van der Waals surface area contributed by atoms with Crippen LogP contribution in [0.1, 0.15) is 44.4 Å². The molecule has 39 heavy (non-hydrogen) atoms. The van der Waals surface area contributed by atoms with E-state index in [-0.39, 0.29) is 23.0 Å². The summed E-state index contributed by atoms with van der Waals surface area (Å²) in [7, 11) is -4.14. The minimum Gasteiger partial charge on any atom is -0.350 e. The highest BCUT2D eigenvalue weighted by Gasteiger charge is 2.33. The van der Waals surface area contributed by atoms with Crippen molar-refractivity contribution in [3.05, 3.63) is 94.5 Å². The van der Waals surface area contributed by atoms with Crippen LogP contribution < -0.4 is 9.62 Å². The number of aryl methyl sites for hydroxylation is 2. The fraction of sp³-hybridized carbons (Fsp3) is 0.333. The molecule has 0 bridgehead atoms. The molecule has 3 aromatic rings. The first-order valence-electron chi connectivity index (χ1n) is 12.7. The van der Waals surface area contributed by atoms with Gasteiger partial charge in [0, 0.05) is 17.1 Å². The Morgan fingerprint density at radius 1 is 0.949 bits per heavy atom. The molecule has 0 aliphatic heterocycles. The Balaban J connectivity index is 2.04. The topological polar surface area (TPSA) is 86.8 Å². The van der Waals surface area contributed by atoms with E-state index >= 15 is 0 Å². The van der Waals surface area contributed by atoms with Crippen LogP contribution in [0.4, 0.5) is 5.69 Å². The van der Waals surface area contributed by atoms with E-state index in [1.807, 2.05) is 58.9 Å². The van der Waals surface area contributed by atoms with Crippen LogP contribution in [-0.4, -0.2) is 43.3 Å². The smallest absolute Gasteiger partial charge is 0.264 e. The lowest BCUT2D eigenvalue weighted by molar-refractivity contribution is -0.140. The molecule has 1 atom stereocenters. The maximum atomic E-state index is 13.9. The zero-order valence-corrected chi connectivity index (χ0v) is 24.8. The van der Waals surface area contributed by atoms with Gasteiger partial charge in [0.2, 0.25) is 11.8 Å². The molecule has 0 aliphatic rings. The number of carbonyl (C=O) groups excluding carboxylic acids is 2. The minimum absolute atomic E-state index is 0.0399. The summed E-state index contributed by atoms with van der Waals surface area (Å²) in [5, 5.41) is 3.30. The second-order valence-electron chi connectivity index (χ2n) is 10.7. The number of amides is 2. The molecule has 0 aromatic heterocycles. The average molecular weight is 570 g/mol. The zero-order chi connectivity index (χ0) is 29.0. The summed E-state index contributed by atoms with van der Waals surface area (Å²) in [6.45, 7) is 10.6. The van der Waals surface area contributed by atoms with E-state index in [4.69, 9.17) is 11.6 Å². The molecule has 0 unspecified atom stereocenters. The molecule has 0 saturated heterocycles. The number of hydrogen-bond donors (Lipinski definition) is 1. The van der Waals surface area contributed by atoms with Crippen LogP contribution >= 0.6 is 11.6 Å². The second kappa shape index (κ2) is 12.2. The summed E-state index contributed by atoms with van der Waals surface area (Å²) < 4.78 is 28.7. The average Bonchev–Trinajstić information content (AvgIpc) is 2.87. The highest BCUT2D eigenvalue weighted by Crippen LogP contribution is 2.28. The van der Waals surface area contributed by atoms with Crippen molar-refractivity contribution in [1.82, 2.24) is 10.2 Å². The van der Waals surface area contributed by atoms with Crippen LogP contribution in [0.25, 0.3) is 0 Å². The van der Waals surface area contributed by atoms with E-state index in [0.717, 1.165) is 21.0 Å². The molecule has 9 heteroatoms. The molecule has 3 aromatic carbocycles. The maximum Gasteiger partial charge on any atom is 0.264 e. The Labute approximate surface area is 236 Å². The molecule has 208 valence electrons. The Bertz CT molecular complexity index is 1420. The van der Waals surface area contributed by atoms with Gasteiger partial charge < -0.3 is 10.2 Å². The summed E-state index contributed by atoms with van der Waals surface area (Å²) in [6.07, 6.45) is 0. The van der Waals surface area contributed by atoms with Crippen molar-refractivity contribution in [3.63, 3.8) is 0 Å². The lowest BCUT2D eigenvalue weighted by Crippen LogP contribution is -2.54. The van der Waals surface area contributed by atoms with Gasteiger partial charge in [0.1, 0.15) is 12.6 Å². The molecule has 0 spiro atoms. The van der Waals surface area contributed by atoms with E-state index in [1.54, 1.807) is 37.3 Å². The standard InChI is InChI=1S/C30H36ClN3O4S/c1-21-12-15-24(16-13-21)19-33(23(3)29(36)32-30(4,5)6)28(35)20-34(25-17-14-22(2)27(31)18-25)39(37,38)26-10-8-7-9-11-26/h7-18,23H,19-20H2,1-6H3,(H,32,36)/t23-/m0/s1. The van der Waals surface area contributed by atoms with Crippen LogP contribution in [0.15, 0.2) is 77.7 Å². The molecule has 7 nitrogen and oxygen atoms in total. The fourth-order valence-corrected chi connectivity index (χ4v) is 5.53. The lowest BCUT2D eigenvalue weighted by atomic mass is 10.1. The van der Waals surface area contributed by atoms with E-state index in [2.05, 4.69) is 5.32 Å². The number of rotatable bonds is 9. The molecule has 0 radical (unpaired) electrons. The summed E-state index contributed by atoms with van der Waals surface area (Å²) >= 11 is 6.36. The second-order valence-corrected chi connectivity index (χ2v) is 13.0. The summed E-state index contributed by atoms with van der Waals surface area (Å²) in [4.78, 5) is 28.5. The number of halogens is 1. The quantitative estimate of drug-likeness (QED) is 0.369. The van der Waals surface area contributed by atoms with Gasteiger partial charge in [0.05, 0.1) is 10.6 Å². The lowest BCUT2D eigenvalue weighted by Gasteiger charge is -2.33. The third kappa shape index (κ3) is 7.83. The maximum absolute atomic E-state index is 13.9. The van der Waals surface area contributed by atoms with E-state index < -0.39 is 34.1 Å². The molecule has 0 aliphatic carbocycles. The van der Waals surface area contributed by atoms with Gasteiger partial charge in [-0.3, -0.25) is 13.9 Å². The number of hydrogen-bond acceptors (Lipinski definition) is 4. The summed E-state index contributed by atoms with van der Waals surface area (Å²) in [5.74, 6) is -0.859. The van der Waals surface area contributed by atoms with E-state index in [9.17, 15) is 18.0 Å². The zero-order valence-electron chi connectivity index (χ0n) is 23.2. The van der Waals surface area contributed by atoms with Gasteiger partial charge >= 0.3 is 0 Å². The van der Waals surface area contributed by atoms with Crippen molar-refractivity contribution in [2.24, 2.45) is 0 Å². The van der Waals surface area contributed by atoms with Gasteiger partial charge in [0.15, 0.2) is 0 Å². The van der Waals surface area contributed by atoms with Crippen molar-refractivity contribution >= 4 is 39.1 Å². The number of nitrogens with zero attached hydrogens (tertiary/aromatic N) is 2. The highest BCUT2D eigenvalue weighted by molar-refractivity contribution is 7.92. The first kappa shape index (κ1) is 30.2. The Kier molecular flexibility index (Phi) is 9.46. The van der Waals surface area contributed by atoms with Gasteiger partial charge in [-0.25, -0.2) is 8.42 Å². The van der Waals surface area contributed by atoms with Crippen molar-refractivity contribution in [3.8, 4) is 0 Å². The Morgan fingerprint density at radius 3 is 2.13 bits per heavy atom. The van der Waals surface area contributed by atoms with Crippen LogP contribution in [0.2, 0.25) is 5.02 Å². The third-order valence-electron chi connectivity index (χ3n) is 6.19. The van der Waals surface area contributed by atoms with Crippen LogP contribution in [0.3, 0.4) is 0 Å². The fourth-order valence-electron chi connectivity index (χ4n) is 3.93. The predicted molar refractivity (Wildman–Crippen MR) is 156 cm³/mol. The summed E-state index contributed by atoms with van der Waals surface area (Å²) in [5.41, 5.74) is 2.40. The predicted octanol–water partition coefficient (Wildman–Crippen LogP) is 5.48. The van der Waals surface area contributed by atoms with Crippen LogP contribution in [0.5, 0.6) is 0 Å². The van der Waals surface area contributed by atoms with Crippen molar-refractivity contribution in [2.75, 3.05) is 10.8 Å². The van der Waals surface area contributed by atoms with E-state index in [0.29, 0.717) is 5.02 Å². The third-order valence-corrected chi connectivity index (χ3v) is 8.39. The normalized spacial score (nSPS) is 12.5. The minimum atomic E-state index is -4.14. The van der Waals surface area contributed by atoms with Crippen LogP contribution in [0, 0.1) is 13.8 Å². The number of anilines is 1. The largest absolute Gasteiger partial charge is 0.350 e. The van der Waals surface area contributed by atoms with Gasteiger partial charge in [-0.15, -0.1) is 0 Å². The van der Waals surface area contributed by atoms with Gasteiger partial charge in [0.25, 0.3) is 10.0 Å². The Hall–Kier alpha value is -3.36.